The molecule has 4 rings (SSSR count). The van der Waals surface area contributed by atoms with Gasteiger partial charge in [0, 0.05) is 18.0 Å². The van der Waals surface area contributed by atoms with E-state index in [1.165, 1.54) is 10.4 Å². The molecule has 142 valence electrons. The van der Waals surface area contributed by atoms with E-state index in [0.29, 0.717) is 31.4 Å². The first kappa shape index (κ1) is 18.1. The van der Waals surface area contributed by atoms with Crippen LogP contribution in [-0.2, 0) is 21.4 Å². The summed E-state index contributed by atoms with van der Waals surface area (Å²) in [6.45, 7) is 0.989. The van der Waals surface area contributed by atoms with E-state index in [2.05, 4.69) is 20.3 Å². The van der Waals surface area contributed by atoms with Gasteiger partial charge in [0.05, 0.1) is 12.5 Å². The molecule has 1 N–H and O–H groups in total. The van der Waals surface area contributed by atoms with Gasteiger partial charge in [0.2, 0.25) is 15.9 Å². The number of benzene rings is 1. The van der Waals surface area contributed by atoms with Crippen molar-refractivity contribution in [1.82, 2.24) is 19.9 Å². The molecule has 3 aromatic rings. The molecule has 10 heteroatoms. The van der Waals surface area contributed by atoms with Gasteiger partial charge in [0.15, 0.2) is 5.52 Å². The Hall–Kier alpha value is -2.30. The average Bonchev–Trinajstić information content (AvgIpc) is 3.37. The summed E-state index contributed by atoms with van der Waals surface area (Å²) in [5, 5.41) is 12.3. The highest BCUT2D eigenvalue weighted by atomic mass is 32.2. The maximum atomic E-state index is 13.1. The van der Waals surface area contributed by atoms with Crippen molar-refractivity contribution in [2.75, 3.05) is 13.1 Å². The Bertz CT molecular complexity index is 1050. The quantitative estimate of drug-likeness (QED) is 0.695. The van der Waals surface area contributed by atoms with Crippen molar-refractivity contribution in [2.24, 2.45) is 5.92 Å². The molecule has 1 atom stereocenters. The second-order valence-corrected chi connectivity index (χ2v) is 9.33. The van der Waals surface area contributed by atoms with Crippen molar-refractivity contribution in [3.63, 3.8) is 0 Å². The molecule has 3 heterocycles. The van der Waals surface area contributed by atoms with Gasteiger partial charge in [-0.05, 0) is 46.7 Å². The predicted octanol–water partition coefficient (Wildman–Crippen LogP) is 2.00. The van der Waals surface area contributed by atoms with Crippen LogP contribution in [0.4, 0.5) is 0 Å². The van der Waals surface area contributed by atoms with Gasteiger partial charge in [-0.15, -0.1) is 11.3 Å². The van der Waals surface area contributed by atoms with E-state index in [4.69, 9.17) is 0 Å². The standard InChI is InChI=1S/C17H18N4O4S2/c22-17(18-10-13-5-3-9-26-13)12-4-2-8-21(11-12)27(23,24)15-7-1-6-14-16(15)20-25-19-14/h1,3,5-7,9,12H,2,4,8,10-11H2,(H,18,22)/t12-/m0/s1. The SMILES string of the molecule is O=C(NCc1cccs1)[C@H]1CCCN(S(=O)(=O)c2cccc3nonc23)C1. The molecule has 1 aliphatic rings. The summed E-state index contributed by atoms with van der Waals surface area (Å²) in [6.07, 6.45) is 1.29. The van der Waals surface area contributed by atoms with Gasteiger partial charge in [-0.25, -0.2) is 13.0 Å². The first-order valence-electron chi connectivity index (χ1n) is 8.57. The summed E-state index contributed by atoms with van der Waals surface area (Å²) in [5.41, 5.74) is 0.597. The average molecular weight is 406 g/mol. The van der Waals surface area contributed by atoms with E-state index >= 15 is 0 Å². The lowest BCUT2D eigenvalue weighted by atomic mass is 9.99. The molecule has 0 saturated carbocycles. The Labute approximate surface area is 160 Å². The van der Waals surface area contributed by atoms with Gasteiger partial charge < -0.3 is 5.32 Å². The van der Waals surface area contributed by atoms with Gasteiger partial charge in [0.1, 0.15) is 10.4 Å². The molecule has 1 fully saturated rings. The van der Waals surface area contributed by atoms with E-state index in [9.17, 15) is 13.2 Å². The molecule has 27 heavy (non-hydrogen) atoms. The summed E-state index contributed by atoms with van der Waals surface area (Å²) in [5.74, 6) is -0.493. The maximum Gasteiger partial charge on any atom is 0.245 e. The number of nitrogens with zero attached hydrogens (tertiary/aromatic N) is 3. The van der Waals surface area contributed by atoms with E-state index in [1.807, 2.05) is 17.5 Å². The minimum atomic E-state index is -3.79. The van der Waals surface area contributed by atoms with Crippen LogP contribution in [0.1, 0.15) is 17.7 Å². The Morgan fingerprint density at radius 2 is 2.19 bits per heavy atom. The zero-order valence-electron chi connectivity index (χ0n) is 14.4. The molecule has 0 bridgehead atoms. The number of nitrogens with one attached hydrogen (secondary N) is 1. The van der Waals surface area contributed by atoms with Crippen LogP contribution in [0.3, 0.4) is 0 Å². The summed E-state index contributed by atoms with van der Waals surface area (Å²) < 4.78 is 32.2. The molecular weight excluding hydrogens is 388 g/mol. The highest BCUT2D eigenvalue weighted by molar-refractivity contribution is 7.89. The Morgan fingerprint density at radius 1 is 1.30 bits per heavy atom. The van der Waals surface area contributed by atoms with Crippen LogP contribution in [-0.4, -0.2) is 42.0 Å². The molecule has 1 aromatic carbocycles. The minimum absolute atomic E-state index is 0.0564. The number of fused-ring (bicyclic) bond motifs is 1. The fraction of sp³-hybridized carbons (Fsp3) is 0.353. The largest absolute Gasteiger partial charge is 0.351 e. The molecule has 8 nitrogen and oxygen atoms in total. The Morgan fingerprint density at radius 3 is 3.00 bits per heavy atom. The number of thiophene rings is 1. The predicted molar refractivity (Wildman–Crippen MR) is 99.5 cm³/mol. The van der Waals surface area contributed by atoms with Crippen LogP contribution in [0.25, 0.3) is 11.0 Å². The summed E-state index contributed by atoms with van der Waals surface area (Å²) >= 11 is 1.57. The van der Waals surface area contributed by atoms with E-state index < -0.39 is 10.0 Å². The van der Waals surface area contributed by atoms with Crippen LogP contribution in [0.2, 0.25) is 0 Å². The topological polar surface area (TPSA) is 105 Å². The van der Waals surface area contributed by atoms with E-state index in [-0.39, 0.29) is 28.8 Å². The minimum Gasteiger partial charge on any atom is -0.351 e. The highest BCUT2D eigenvalue weighted by Gasteiger charge is 2.34. The highest BCUT2D eigenvalue weighted by Crippen LogP contribution is 2.27. The van der Waals surface area contributed by atoms with Crippen molar-refractivity contribution >= 4 is 38.3 Å². The number of carbonyl (C=O) groups is 1. The number of sulfonamides is 1. The van der Waals surface area contributed by atoms with Crippen LogP contribution >= 0.6 is 11.3 Å². The lowest BCUT2D eigenvalue weighted by Crippen LogP contribution is -2.45. The van der Waals surface area contributed by atoms with Crippen molar-refractivity contribution in [2.45, 2.75) is 24.3 Å². The van der Waals surface area contributed by atoms with Crippen LogP contribution < -0.4 is 5.32 Å². The normalized spacial score (nSPS) is 18.6. The van der Waals surface area contributed by atoms with Crippen molar-refractivity contribution in [3.8, 4) is 0 Å². The van der Waals surface area contributed by atoms with Gasteiger partial charge in [-0.3, -0.25) is 4.79 Å². The molecular formula is C17H18N4O4S2. The Balaban J connectivity index is 1.50. The number of carbonyl (C=O) groups excluding carboxylic acids is 1. The second kappa shape index (κ2) is 7.37. The Kier molecular flexibility index (Phi) is 4.94. The van der Waals surface area contributed by atoms with Crippen LogP contribution in [0.5, 0.6) is 0 Å². The fourth-order valence-corrected chi connectivity index (χ4v) is 5.54. The van der Waals surface area contributed by atoms with Crippen LogP contribution in [0, 0.1) is 5.92 Å². The fourth-order valence-electron chi connectivity index (χ4n) is 3.24. The van der Waals surface area contributed by atoms with Gasteiger partial charge in [-0.1, -0.05) is 12.1 Å². The molecule has 0 unspecified atom stereocenters. The number of piperidine rings is 1. The molecule has 0 aliphatic carbocycles. The van der Waals surface area contributed by atoms with Crippen LogP contribution in [0.15, 0.2) is 45.2 Å². The molecule has 1 saturated heterocycles. The first-order chi connectivity index (χ1) is 13.1. The van der Waals surface area contributed by atoms with E-state index in [1.54, 1.807) is 23.5 Å². The molecule has 0 radical (unpaired) electrons. The third-order valence-electron chi connectivity index (χ3n) is 4.64. The molecule has 2 aromatic heterocycles. The third-order valence-corrected chi connectivity index (χ3v) is 7.41. The number of rotatable bonds is 5. The van der Waals surface area contributed by atoms with Gasteiger partial charge in [-0.2, -0.15) is 4.31 Å². The number of hydrogen-bond acceptors (Lipinski definition) is 7. The zero-order chi connectivity index (χ0) is 18.9. The smallest absolute Gasteiger partial charge is 0.245 e. The molecule has 1 amide bonds. The number of amides is 1. The first-order valence-corrected chi connectivity index (χ1v) is 10.9. The maximum absolute atomic E-state index is 13.1. The lowest BCUT2D eigenvalue weighted by Gasteiger charge is -2.31. The number of aromatic nitrogens is 2. The van der Waals surface area contributed by atoms with Crippen molar-refractivity contribution < 1.29 is 17.8 Å². The summed E-state index contributed by atoms with van der Waals surface area (Å²) in [4.78, 5) is 13.6. The third kappa shape index (κ3) is 3.60. The van der Waals surface area contributed by atoms with Gasteiger partial charge in [0.25, 0.3) is 0 Å². The van der Waals surface area contributed by atoms with Crippen molar-refractivity contribution in [1.29, 1.82) is 0 Å². The zero-order valence-corrected chi connectivity index (χ0v) is 16.0. The second-order valence-electron chi connectivity index (χ2n) is 6.39. The number of hydrogen-bond donors (Lipinski definition) is 1. The van der Waals surface area contributed by atoms with E-state index in [0.717, 1.165) is 4.88 Å². The molecule has 0 spiro atoms. The summed E-state index contributed by atoms with van der Waals surface area (Å²) in [7, 11) is -3.79. The summed E-state index contributed by atoms with van der Waals surface area (Å²) in [6, 6.07) is 8.62. The van der Waals surface area contributed by atoms with Gasteiger partial charge >= 0.3 is 0 Å². The van der Waals surface area contributed by atoms with Crippen molar-refractivity contribution in [3.05, 3.63) is 40.6 Å². The molecule has 1 aliphatic heterocycles. The monoisotopic (exact) mass is 406 g/mol. The lowest BCUT2D eigenvalue weighted by molar-refractivity contribution is -0.126.